The number of fused-ring (bicyclic) bond motifs is 5. The molecule has 0 radical (unpaired) electrons. The predicted molar refractivity (Wildman–Crippen MR) is 144 cm³/mol. The number of carbonyl (C=O) groups excluding carboxylic acids is 2. The molecule has 2 aliphatic heterocycles. The van der Waals surface area contributed by atoms with Gasteiger partial charge in [0.05, 0.1) is 23.2 Å². The Morgan fingerprint density at radius 3 is 2.50 bits per heavy atom. The summed E-state index contributed by atoms with van der Waals surface area (Å²) in [5.41, 5.74) is 2.69. The summed E-state index contributed by atoms with van der Waals surface area (Å²) in [6, 6.07) is 20.6. The molecule has 0 bridgehead atoms. The standard InChI is InChI=1S/C31H28N2O5/c1-19-13-14-25-22(17-19)27(34)26-28(38-25)29(35)33(15-8-16-37-3)31(26)23-11-6-7-12-24(23)32(30(31)36)18-21-10-5-4-9-20(21)2/h4-7,9-14,17H,8,15-16,18H2,1-3H3. The van der Waals surface area contributed by atoms with E-state index in [9.17, 15) is 14.4 Å². The number of hydrogen-bond donors (Lipinski definition) is 0. The van der Waals surface area contributed by atoms with Crippen molar-refractivity contribution in [3.05, 3.63) is 111 Å². The highest BCUT2D eigenvalue weighted by molar-refractivity contribution is 6.17. The molecule has 2 aliphatic rings. The van der Waals surface area contributed by atoms with Crippen LogP contribution >= 0.6 is 0 Å². The lowest BCUT2D eigenvalue weighted by molar-refractivity contribution is -0.126. The number of hydrogen-bond acceptors (Lipinski definition) is 5. The highest BCUT2D eigenvalue weighted by Crippen LogP contribution is 2.53. The third kappa shape index (κ3) is 3.28. The molecule has 0 N–H and O–H groups in total. The Kier molecular flexibility index (Phi) is 5.69. The van der Waals surface area contributed by atoms with Crippen LogP contribution in [0.25, 0.3) is 11.0 Å². The second-order valence-electron chi connectivity index (χ2n) is 9.98. The fourth-order valence-electron chi connectivity index (χ4n) is 5.89. The van der Waals surface area contributed by atoms with Crippen molar-refractivity contribution in [3.8, 4) is 0 Å². The Hall–Kier alpha value is -4.23. The van der Waals surface area contributed by atoms with Gasteiger partial charge in [0.2, 0.25) is 5.76 Å². The predicted octanol–water partition coefficient (Wildman–Crippen LogP) is 4.69. The molecule has 1 aromatic heterocycles. The van der Waals surface area contributed by atoms with Crippen LogP contribution in [0.15, 0.2) is 75.9 Å². The van der Waals surface area contributed by atoms with E-state index in [4.69, 9.17) is 9.15 Å². The van der Waals surface area contributed by atoms with Crippen molar-refractivity contribution in [3.63, 3.8) is 0 Å². The molecule has 3 heterocycles. The smallest absolute Gasteiger partial charge is 0.291 e. The molecular formula is C31H28N2O5. The highest BCUT2D eigenvalue weighted by atomic mass is 16.5. The van der Waals surface area contributed by atoms with Crippen molar-refractivity contribution in [1.82, 2.24) is 4.90 Å². The highest BCUT2D eigenvalue weighted by Gasteiger charge is 2.64. The fourth-order valence-corrected chi connectivity index (χ4v) is 5.89. The van der Waals surface area contributed by atoms with Gasteiger partial charge in [-0.3, -0.25) is 14.4 Å². The Bertz CT molecular complexity index is 1670. The van der Waals surface area contributed by atoms with E-state index < -0.39 is 11.4 Å². The van der Waals surface area contributed by atoms with Crippen LogP contribution in [0.1, 0.15) is 44.8 Å². The van der Waals surface area contributed by atoms with Gasteiger partial charge in [-0.05, 0) is 49.6 Å². The summed E-state index contributed by atoms with van der Waals surface area (Å²) in [4.78, 5) is 46.1. The molecule has 0 fully saturated rings. The van der Waals surface area contributed by atoms with Crippen LogP contribution in [-0.2, 0) is 21.6 Å². The molecular weight excluding hydrogens is 480 g/mol. The van der Waals surface area contributed by atoms with Crippen LogP contribution < -0.4 is 10.3 Å². The molecule has 192 valence electrons. The van der Waals surface area contributed by atoms with Crippen LogP contribution in [0, 0.1) is 13.8 Å². The fraction of sp³-hybridized carbons (Fsp3) is 0.258. The molecule has 7 heteroatoms. The van der Waals surface area contributed by atoms with Gasteiger partial charge in [-0.15, -0.1) is 0 Å². The summed E-state index contributed by atoms with van der Waals surface area (Å²) in [6.07, 6.45) is 0.498. The molecule has 4 aromatic rings. The average Bonchev–Trinajstić information content (AvgIpc) is 3.31. The first-order valence-electron chi connectivity index (χ1n) is 12.7. The first-order chi connectivity index (χ1) is 18.4. The van der Waals surface area contributed by atoms with E-state index in [0.717, 1.165) is 16.7 Å². The summed E-state index contributed by atoms with van der Waals surface area (Å²) >= 11 is 0. The van der Waals surface area contributed by atoms with Crippen LogP contribution in [-0.4, -0.2) is 37.0 Å². The number of amides is 2. The monoisotopic (exact) mass is 508 g/mol. The van der Waals surface area contributed by atoms with Gasteiger partial charge in [-0.25, -0.2) is 0 Å². The van der Waals surface area contributed by atoms with Crippen molar-refractivity contribution in [2.75, 3.05) is 25.2 Å². The number of anilines is 1. The van der Waals surface area contributed by atoms with Gasteiger partial charge in [0.1, 0.15) is 5.58 Å². The Balaban J connectivity index is 1.63. The zero-order valence-electron chi connectivity index (χ0n) is 21.6. The molecule has 3 aromatic carbocycles. The lowest BCUT2D eigenvalue weighted by Crippen LogP contribution is -2.53. The lowest BCUT2D eigenvalue weighted by Gasteiger charge is -2.34. The van der Waals surface area contributed by atoms with E-state index in [1.165, 1.54) is 4.90 Å². The summed E-state index contributed by atoms with van der Waals surface area (Å²) in [7, 11) is 1.59. The first kappa shape index (κ1) is 24.1. The van der Waals surface area contributed by atoms with E-state index in [1.54, 1.807) is 24.1 Å². The van der Waals surface area contributed by atoms with Crippen LogP contribution in [0.4, 0.5) is 5.69 Å². The zero-order valence-corrected chi connectivity index (χ0v) is 21.6. The minimum absolute atomic E-state index is 0.0651. The largest absolute Gasteiger partial charge is 0.450 e. The van der Waals surface area contributed by atoms with Crippen molar-refractivity contribution < 1.29 is 18.7 Å². The summed E-state index contributed by atoms with van der Waals surface area (Å²) < 4.78 is 11.4. The maximum absolute atomic E-state index is 14.7. The first-order valence-corrected chi connectivity index (χ1v) is 12.7. The van der Waals surface area contributed by atoms with Crippen molar-refractivity contribution in [2.45, 2.75) is 32.4 Å². The van der Waals surface area contributed by atoms with Gasteiger partial charge >= 0.3 is 0 Å². The molecule has 6 rings (SSSR count). The quantitative estimate of drug-likeness (QED) is 0.353. The van der Waals surface area contributed by atoms with Crippen molar-refractivity contribution in [2.24, 2.45) is 0 Å². The second-order valence-corrected chi connectivity index (χ2v) is 9.98. The number of methoxy groups -OCH3 is 1. The lowest BCUT2D eigenvalue weighted by atomic mass is 9.84. The summed E-state index contributed by atoms with van der Waals surface area (Å²) in [5, 5.41) is 0.359. The minimum atomic E-state index is -1.61. The van der Waals surface area contributed by atoms with Crippen molar-refractivity contribution in [1.29, 1.82) is 0 Å². The summed E-state index contributed by atoms with van der Waals surface area (Å²) in [6.45, 7) is 4.85. The topological polar surface area (TPSA) is 80.1 Å². The van der Waals surface area contributed by atoms with Gasteiger partial charge < -0.3 is 19.0 Å². The Labute approximate surface area is 220 Å². The molecule has 0 saturated carbocycles. The van der Waals surface area contributed by atoms with Crippen LogP contribution in [0.2, 0.25) is 0 Å². The minimum Gasteiger partial charge on any atom is -0.450 e. The third-order valence-electron chi connectivity index (χ3n) is 7.71. The maximum atomic E-state index is 14.7. The van der Waals surface area contributed by atoms with E-state index in [1.807, 2.05) is 68.4 Å². The van der Waals surface area contributed by atoms with Crippen LogP contribution in [0.5, 0.6) is 0 Å². The normalized spacial score (nSPS) is 18.1. The van der Waals surface area contributed by atoms with Crippen LogP contribution in [0.3, 0.4) is 0 Å². The van der Waals surface area contributed by atoms with Gasteiger partial charge in [0.15, 0.2) is 11.0 Å². The van der Waals surface area contributed by atoms with Gasteiger partial charge in [-0.1, -0.05) is 54.1 Å². The van der Waals surface area contributed by atoms with E-state index in [-0.39, 0.29) is 29.2 Å². The maximum Gasteiger partial charge on any atom is 0.291 e. The van der Waals surface area contributed by atoms with Gasteiger partial charge in [-0.2, -0.15) is 0 Å². The number of carbonyl (C=O) groups is 2. The number of benzene rings is 3. The number of para-hydroxylation sites is 1. The average molecular weight is 509 g/mol. The Morgan fingerprint density at radius 2 is 1.71 bits per heavy atom. The second kappa shape index (κ2) is 8.96. The van der Waals surface area contributed by atoms with E-state index in [0.29, 0.717) is 41.8 Å². The number of rotatable bonds is 6. The molecule has 2 amide bonds. The SMILES string of the molecule is COCCCN1C(=O)c2oc3ccc(C)cc3c(=O)c2C12C(=O)N(Cc1ccccc1C)c1ccccc12. The molecule has 1 spiro atoms. The summed E-state index contributed by atoms with van der Waals surface area (Å²) in [5.74, 6) is -0.855. The number of nitrogens with zero attached hydrogens (tertiary/aromatic N) is 2. The van der Waals surface area contributed by atoms with E-state index in [2.05, 4.69) is 0 Å². The molecule has 38 heavy (non-hydrogen) atoms. The third-order valence-corrected chi connectivity index (χ3v) is 7.71. The molecule has 1 atom stereocenters. The zero-order chi connectivity index (χ0) is 26.6. The molecule has 0 aliphatic carbocycles. The van der Waals surface area contributed by atoms with Gasteiger partial charge in [0, 0.05) is 25.8 Å². The van der Waals surface area contributed by atoms with Crippen molar-refractivity contribution >= 4 is 28.5 Å². The molecule has 0 saturated heterocycles. The van der Waals surface area contributed by atoms with E-state index >= 15 is 0 Å². The Morgan fingerprint density at radius 1 is 0.947 bits per heavy atom. The molecule has 1 unspecified atom stereocenters. The van der Waals surface area contributed by atoms with Gasteiger partial charge in [0.25, 0.3) is 11.8 Å². The number of ether oxygens (including phenoxy) is 1. The number of aryl methyl sites for hydroxylation is 2. The molecule has 7 nitrogen and oxygen atoms in total.